The Hall–Kier alpha value is -1.18. The largest absolute Gasteiger partial charge is 0.377 e. The van der Waals surface area contributed by atoms with Crippen LogP contribution in [0.2, 0.25) is 0 Å². The number of rotatable bonds is 0. The first-order chi connectivity index (χ1) is 3.79. The summed E-state index contributed by atoms with van der Waals surface area (Å²) in [5.41, 5.74) is 6.45. The van der Waals surface area contributed by atoms with Crippen LogP contribution in [0.3, 0.4) is 0 Å². The Bertz CT molecular complexity index is 165. The first-order valence-corrected chi connectivity index (χ1v) is 2.36. The fourth-order valence-corrected chi connectivity index (χ4v) is 0.539. The summed E-state index contributed by atoms with van der Waals surface area (Å²) in [7, 11) is 0. The molecule has 0 unspecified atom stereocenters. The van der Waals surface area contributed by atoms with Crippen LogP contribution in [0.4, 0.5) is 0 Å². The van der Waals surface area contributed by atoms with E-state index in [-0.39, 0.29) is 0 Å². The molecule has 0 aromatic carbocycles. The molecule has 0 radical (unpaired) electrons. The molecule has 40 valence electrons. The summed E-state index contributed by atoms with van der Waals surface area (Å²) in [5, 5.41) is 7.06. The Balaban J connectivity index is 2.77. The minimum Gasteiger partial charge on any atom is -0.377 e. The normalized spacial score (nSPS) is 17.5. The summed E-state index contributed by atoms with van der Waals surface area (Å²) < 4.78 is 0. The second-order valence-corrected chi connectivity index (χ2v) is 1.63. The second-order valence-electron chi connectivity index (χ2n) is 1.63. The third-order valence-corrected chi connectivity index (χ3v) is 0.887. The second kappa shape index (κ2) is 1.74. The van der Waals surface area contributed by atoms with Crippen LogP contribution in [-0.2, 0) is 0 Å². The van der Waals surface area contributed by atoms with Crippen LogP contribution in [0.15, 0.2) is 23.9 Å². The monoisotopic (exact) mass is 107 g/mol. The first-order valence-electron chi connectivity index (χ1n) is 2.36. The van der Waals surface area contributed by atoms with Crippen molar-refractivity contribution in [3.8, 4) is 0 Å². The predicted octanol–water partition coefficient (Wildman–Crippen LogP) is 0.623. The smallest absolute Gasteiger partial charge is 0.167 e. The van der Waals surface area contributed by atoms with E-state index in [4.69, 9.17) is 11.1 Å². The standard InChI is InChI=1S/C6H7N2/c7-5-2-1-3-6(8)4-5/h1-4,7H,8H2/q+1. The third-order valence-electron chi connectivity index (χ3n) is 0.887. The Morgan fingerprint density at radius 1 is 1.62 bits per heavy atom. The zero-order valence-electron chi connectivity index (χ0n) is 4.39. The van der Waals surface area contributed by atoms with E-state index in [2.05, 4.69) is 0 Å². The molecule has 0 saturated carbocycles. The number of nitrogens with two attached hydrogens (primary N) is 1. The molecule has 1 rings (SSSR count). The van der Waals surface area contributed by atoms with Crippen molar-refractivity contribution < 1.29 is 0 Å². The highest BCUT2D eigenvalue weighted by Crippen LogP contribution is 1.99. The van der Waals surface area contributed by atoms with Crippen LogP contribution in [0.5, 0.6) is 0 Å². The van der Waals surface area contributed by atoms with Gasteiger partial charge in [0.15, 0.2) is 5.71 Å². The van der Waals surface area contributed by atoms with Crippen molar-refractivity contribution in [3.63, 3.8) is 0 Å². The van der Waals surface area contributed by atoms with Gasteiger partial charge in [-0.1, -0.05) is 0 Å². The SMILES string of the molecule is N=C1C=C(N)C=C[CH+]1. The molecular formula is C6H7N2+. The Labute approximate surface area is 48.2 Å². The molecule has 0 atom stereocenters. The zero-order chi connectivity index (χ0) is 5.98. The van der Waals surface area contributed by atoms with E-state index in [1.807, 2.05) is 0 Å². The van der Waals surface area contributed by atoms with Crippen molar-refractivity contribution in [1.29, 1.82) is 5.41 Å². The van der Waals surface area contributed by atoms with Crippen LogP contribution in [0.1, 0.15) is 0 Å². The average molecular weight is 107 g/mol. The van der Waals surface area contributed by atoms with Crippen molar-refractivity contribution in [2.24, 2.45) is 5.73 Å². The molecule has 8 heavy (non-hydrogen) atoms. The lowest BCUT2D eigenvalue weighted by molar-refractivity contribution is 1.39. The van der Waals surface area contributed by atoms with Crippen molar-refractivity contribution in [2.75, 3.05) is 0 Å². The maximum Gasteiger partial charge on any atom is 0.167 e. The van der Waals surface area contributed by atoms with E-state index in [1.54, 1.807) is 24.6 Å². The van der Waals surface area contributed by atoms with Gasteiger partial charge in [-0.2, -0.15) is 0 Å². The van der Waals surface area contributed by atoms with Crippen LogP contribution in [0.25, 0.3) is 0 Å². The highest BCUT2D eigenvalue weighted by molar-refractivity contribution is 6.02. The molecule has 3 N–H and O–H groups in total. The summed E-state index contributed by atoms with van der Waals surface area (Å²) in [4.78, 5) is 0. The Kier molecular flexibility index (Phi) is 1.08. The van der Waals surface area contributed by atoms with Crippen LogP contribution in [-0.4, -0.2) is 5.71 Å². The number of hydrogen-bond donors (Lipinski definition) is 2. The summed E-state index contributed by atoms with van der Waals surface area (Å²) in [6.07, 6.45) is 6.83. The summed E-state index contributed by atoms with van der Waals surface area (Å²) in [5.74, 6) is 0. The molecule has 0 fully saturated rings. The van der Waals surface area contributed by atoms with Crippen molar-refractivity contribution in [2.45, 2.75) is 0 Å². The molecule has 0 heterocycles. The van der Waals surface area contributed by atoms with Crippen molar-refractivity contribution >= 4 is 5.71 Å². The fourth-order valence-electron chi connectivity index (χ4n) is 0.539. The quantitative estimate of drug-likeness (QED) is 0.438. The molecule has 1 aliphatic rings. The molecule has 0 saturated heterocycles. The van der Waals surface area contributed by atoms with E-state index in [1.165, 1.54) is 0 Å². The summed E-state index contributed by atoms with van der Waals surface area (Å²) >= 11 is 0. The lowest BCUT2D eigenvalue weighted by Crippen LogP contribution is -2.03. The number of allylic oxidation sites excluding steroid dienone is 3. The van der Waals surface area contributed by atoms with Gasteiger partial charge in [0.1, 0.15) is 5.70 Å². The lowest BCUT2D eigenvalue weighted by atomic mass is 10.1. The molecule has 0 aliphatic heterocycles. The maximum atomic E-state index is 7.06. The van der Waals surface area contributed by atoms with E-state index in [9.17, 15) is 0 Å². The van der Waals surface area contributed by atoms with E-state index >= 15 is 0 Å². The summed E-state index contributed by atoms with van der Waals surface area (Å²) in [6.45, 7) is 0. The van der Waals surface area contributed by atoms with Gasteiger partial charge >= 0.3 is 0 Å². The number of hydrogen-bond acceptors (Lipinski definition) is 2. The Morgan fingerprint density at radius 2 is 2.38 bits per heavy atom. The van der Waals surface area contributed by atoms with E-state index < -0.39 is 0 Å². The topological polar surface area (TPSA) is 49.9 Å². The van der Waals surface area contributed by atoms with Gasteiger partial charge in [-0.25, -0.2) is 0 Å². The maximum absolute atomic E-state index is 7.06. The van der Waals surface area contributed by atoms with Gasteiger partial charge in [0.2, 0.25) is 0 Å². The highest BCUT2D eigenvalue weighted by Gasteiger charge is 2.04. The molecule has 1 aliphatic carbocycles. The van der Waals surface area contributed by atoms with E-state index in [0.717, 1.165) is 0 Å². The van der Waals surface area contributed by atoms with Gasteiger partial charge < -0.3 is 5.73 Å². The molecule has 2 heteroatoms. The highest BCUT2D eigenvalue weighted by atomic mass is 14.6. The first kappa shape index (κ1) is 4.97. The van der Waals surface area contributed by atoms with E-state index in [0.29, 0.717) is 11.4 Å². The molecule has 0 spiro atoms. The van der Waals surface area contributed by atoms with Gasteiger partial charge in [-0.3, -0.25) is 5.41 Å². The molecule has 0 aromatic heterocycles. The minimum absolute atomic E-state index is 0.463. The van der Waals surface area contributed by atoms with Crippen molar-refractivity contribution in [1.82, 2.24) is 0 Å². The fraction of sp³-hybridized carbons (Fsp3) is 0. The molecule has 0 amide bonds. The Morgan fingerprint density at radius 3 is 2.75 bits per heavy atom. The van der Waals surface area contributed by atoms with Gasteiger partial charge in [0, 0.05) is 0 Å². The van der Waals surface area contributed by atoms with Gasteiger partial charge in [0.25, 0.3) is 0 Å². The number of nitrogens with one attached hydrogen (secondary N) is 1. The minimum atomic E-state index is 0.463. The summed E-state index contributed by atoms with van der Waals surface area (Å²) in [6, 6.07) is 0. The molecular weight excluding hydrogens is 100 g/mol. The van der Waals surface area contributed by atoms with Crippen LogP contribution in [0, 0.1) is 11.8 Å². The van der Waals surface area contributed by atoms with Crippen LogP contribution >= 0.6 is 0 Å². The van der Waals surface area contributed by atoms with Gasteiger partial charge in [-0.15, -0.1) is 0 Å². The van der Waals surface area contributed by atoms with Crippen molar-refractivity contribution in [3.05, 3.63) is 30.3 Å². The average Bonchev–Trinajstić information content (AvgIpc) is 1.64. The zero-order valence-corrected chi connectivity index (χ0v) is 4.39. The molecule has 0 bridgehead atoms. The predicted molar refractivity (Wildman–Crippen MR) is 33.4 cm³/mol. The molecule has 0 aromatic rings. The molecule has 2 nitrogen and oxygen atoms in total. The van der Waals surface area contributed by atoms with Gasteiger partial charge in [0.05, 0.1) is 24.6 Å². The van der Waals surface area contributed by atoms with Crippen LogP contribution < -0.4 is 5.73 Å². The van der Waals surface area contributed by atoms with Gasteiger partial charge in [-0.05, 0) is 0 Å². The third kappa shape index (κ3) is 0.904. The lowest BCUT2D eigenvalue weighted by Gasteiger charge is -1.89.